The summed E-state index contributed by atoms with van der Waals surface area (Å²) < 4.78 is 23.3. The number of carbonyl (C=O) groups excluding carboxylic acids is 3. The molecule has 0 atom stereocenters. The monoisotopic (exact) mass is 589 g/mol. The van der Waals surface area contributed by atoms with Crippen LogP contribution in [0.5, 0.6) is 23.0 Å². The first-order valence-corrected chi connectivity index (χ1v) is 13.7. The van der Waals surface area contributed by atoms with E-state index in [1.165, 1.54) is 0 Å². The molecular weight excluding hydrogens is 570 g/mol. The number of anilines is 1. The highest BCUT2D eigenvalue weighted by atomic mass is 35.5. The Labute approximate surface area is 242 Å². The smallest absolute Gasteiger partial charge is 0.293 e. The Morgan fingerprint density at radius 1 is 0.951 bits per heavy atom. The molecule has 12 heteroatoms. The zero-order valence-electron chi connectivity index (χ0n) is 21.2. The van der Waals surface area contributed by atoms with Gasteiger partial charge < -0.3 is 28.8 Å². The number of aromatic nitrogens is 1. The summed E-state index contributed by atoms with van der Waals surface area (Å²) in [6.07, 6.45) is 3.48. The molecule has 41 heavy (non-hydrogen) atoms. The van der Waals surface area contributed by atoms with E-state index in [2.05, 4.69) is 5.32 Å². The zero-order valence-corrected chi connectivity index (χ0v) is 22.8. The number of hydrogen-bond donors (Lipinski definition) is 1. The van der Waals surface area contributed by atoms with Crippen LogP contribution in [0.1, 0.15) is 11.1 Å². The van der Waals surface area contributed by atoms with E-state index in [9.17, 15) is 14.4 Å². The minimum absolute atomic E-state index is 0.000725. The van der Waals surface area contributed by atoms with Gasteiger partial charge in [-0.05, 0) is 47.7 Å². The molecule has 1 saturated heterocycles. The summed E-state index contributed by atoms with van der Waals surface area (Å²) in [5.41, 5.74) is 2.69. The van der Waals surface area contributed by atoms with Gasteiger partial charge in [0.25, 0.3) is 11.1 Å². The van der Waals surface area contributed by atoms with Gasteiger partial charge in [-0.1, -0.05) is 29.8 Å². The third-order valence-electron chi connectivity index (χ3n) is 6.82. The fourth-order valence-electron chi connectivity index (χ4n) is 4.88. The predicted molar refractivity (Wildman–Crippen MR) is 152 cm³/mol. The van der Waals surface area contributed by atoms with E-state index < -0.39 is 11.1 Å². The Morgan fingerprint density at radius 3 is 2.51 bits per heavy atom. The van der Waals surface area contributed by atoms with E-state index in [0.29, 0.717) is 44.8 Å². The molecule has 3 aromatic carbocycles. The van der Waals surface area contributed by atoms with Crippen molar-refractivity contribution < 1.29 is 33.3 Å². The van der Waals surface area contributed by atoms with Crippen LogP contribution in [0.3, 0.4) is 0 Å². The molecule has 206 valence electrons. The van der Waals surface area contributed by atoms with Gasteiger partial charge in [0.15, 0.2) is 23.0 Å². The molecule has 10 nitrogen and oxygen atoms in total. The molecule has 4 heterocycles. The lowest BCUT2D eigenvalue weighted by atomic mass is 10.1. The van der Waals surface area contributed by atoms with Crippen molar-refractivity contribution in [1.82, 2.24) is 9.47 Å². The van der Waals surface area contributed by atoms with Crippen molar-refractivity contribution in [1.29, 1.82) is 0 Å². The Hall–Kier alpha value is -4.61. The van der Waals surface area contributed by atoms with Crippen LogP contribution in [0.2, 0.25) is 5.02 Å². The number of imide groups is 1. The van der Waals surface area contributed by atoms with Crippen molar-refractivity contribution in [3.8, 4) is 23.0 Å². The van der Waals surface area contributed by atoms with Crippen LogP contribution < -0.4 is 24.3 Å². The van der Waals surface area contributed by atoms with Crippen LogP contribution in [0, 0.1) is 0 Å². The molecule has 0 unspecified atom stereocenters. The molecule has 7 rings (SSSR count). The number of para-hydroxylation sites is 1. The Morgan fingerprint density at radius 2 is 1.68 bits per heavy atom. The number of halogens is 1. The number of nitrogens with one attached hydrogen (secondary N) is 1. The van der Waals surface area contributed by atoms with Crippen LogP contribution in [0.4, 0.5) is 10.5 Å². The predicted octanol–water partition coefficient (Wildman–Crippen LogP) is 5.63. The highest BCUT2D eigenvalue weighted by Crippen LogP contribution is 2.40. The van der Waals surface area contributed by atoms with Crippen LogP contribution in [0.25, 0.3) is 17.0 Å². The summed E-state index contributed by atoms with van der Waals surface area (Å²) in [5, 5.41) is 3.70. The Bertz CT molecular complexity index is 1800. The SMILES string of the molecule is O=C(Cn1cc(/C=C2\SC(=O)N(Cc3cc4c(cc3Cl)OCO4)C2=O)c2ccccc21)Nc1ccc2c(c1)OCO2. The first-order chi connectivity index (χ1) is 19.9. The summed E-state index contributed by atoms with van der Waals surface area (Å²) in [6.45, 7) is 0.274. The largest absolute Gasteiger partial charge is 0.454 e. The topological polar surface area (TPSA) is 108 Å². The molecule has 0 radical (unpaired) electrons. The number of carbonyl (C=O) groups is 3. The Kier molecular flexibility index (Phi) is 6.25. The minimum Gasteiger partial charge on any atom is -0.454 e. The van der Waals surface area contributed by atoms with E-state index in [0.717, 1.165) is 27.6 Å². The lowest BCUT2D eigenvalue weighted by Gasteiger charge is -2.14. The minimum atomic E-state index is -0.425. The standard InChI is InChI=1S/C29H20ClN3O7S/c30-20-10-25-23(38-15-40-25)7-17(20)12-33-28(35)26(41-29(33)36)8-16-11-32(21-4-2-1-3-19(16)21)13-27(34)31-18-5-6-22-24(9-18)39-14-37-22/h1-11H,12-15H2,(H,31,34)/b26-8-. The second kappa shape index (κ2) is 10.1. The van der Waals surface area contributed by atoms with E-state index in [-0.39, 0.29) is 37.5 Å². The molecule has 1 fully saturated rings. The maximum atomic E-state index is 13.3. The maximum absolute atomic E-state index is 13.3. The number of benzene rings is 3. The molecule has 1 N–H and O–H groups in total. The maximum Gasteiger partial charge on any atom is 0.293 e. The van der Waals surface area contributed by atoms with Crippen molar-refractivity contribution >= 4 is 63.1 Å². The fraction of sp³-hybridized carbons (Fsp3) is 0.138. The van der Waals surface area contributed by atoms with E-state index in [4.69, 9.17) is 30.5 Å². The van der Waals surface area contributed by atoms with Crippen molar-refractivity contribution in [2.24, 2.45) is 0 Å². The van der Waals surface area contributed by atoms with E-state index in [1.54, 1.807) is 47.2 Å². The molecule has 0 saturated carbocycles. The van der Waals surface area contributed by atoms with Crippen molar-refractivity contribution in [3.63, 3.8) is 0 Å². The molecule has 0 aliphatic carbocycles. The number of rotatable bonds is 6. The number of amides is 3. The normalized spacial score (nSPS) is 16.3. The molecule has 0 spiro atoms. The first-order valence-electron chi connectivity index (χ1n) is 12.5. The van der Waals surface area contributed by atoms with Crippen LogP contribution in [-0.4, -0.2) is 40.1 Å². The third kappa shape index (κ3) is 4.72. The highest BCUT2D eigenvalue weighted by Gasteiger charge is 2.36. The van der Waals surface area contributed by atoms with Gasteiger partial charge in [-0.25, -0.2) is 0 Å². The second-order valence-corrected chi connectivity index (χ2v) is 10.8. The average Bonchev–Trinajstić information content (AvgIpc) is 3.73. The number of hydrogen-bond acceptors (Lipinski definition) is 8. The molecule has 3 aliphatic heterocycles. The number of nitrogens with zero attached hydrogens (tertiary/aromatic N) is 2. The van der Waals surface area contributed by atoms with Crippen molar-refractivity contribution in [2.45, 2.75) is 13.1 Å². The van der Waals surface area contributed by atoms with E-state index in [1.807, 2.05) is 24.3 Å². The number of fused-ring (bicyclic) bond motifs is 3. The van der Waals surface area contributed by atoms with Crippen molar-refractivity contribution in [2.75, 3.05) is 18.9 Å². The molecule has 3 aliphatic rings. The van der Waals surface area contributed by atoms with Crippen LogP contribution >= 0.6 is 23.4 Å². The van der Waals surface area contributed by atoms with Gasteiger partial charge in [0.2, 0.25) is 19.5 Å². The van der Waals surface area contributed by atoms with Gasteiger partial charge >= 0.3 is 0 Å². The van der Waals surface area contributed by atoms with Gasteiger partial charge in [0.1, 0.15) is 6.54 Å². The molecule has 1 aromatic heterocycles. The average molecular weight is 590 g/mol. The molecular formula is C29H20ClN3O7S. The molecule has 0 bridgehead atoms. The lowest BCUT2D eigenvalue weighted by Crippen LogP contribution is -2.27. The first kappa shape index (κ1) is 25.4. The summed E-state index contributed by atoms with van der Waals surface area (Å²) in [7, 11) is 0. The fourth-order valence-corrected chi connectivity index (χ4v) is 5.92. The quantitative estimate of drug-likeness (QED) is 0.288. The van der Waals surface area contributed by atoms with Gasteiger partial charge in [0.05, 0.1) is 11.4 Å². The lowest BCUT2D eigenvalue weighted by molar-refractivity contribution is -0.123. The number of ether oxygens (including phenoxy) is 4. The van der Waals surface area contributed by atoms with Gasteiger partial charge in [-0.15, -0.1) is 0 Å². The summed E-state index contributed by atoms with van der Waals surface area (Å²) in [4.78, 5) is 40.5. The number of thioether (sulfide) groups is 1. The van der Waals surface area contributed by atoms with E-state index >= 15 is 0 Å². The third-order valence-corrected chi connectivity index (χ3v) is 8.08. The summed E-state index contributed by atoms with van der Waals surface area (Å²) in [5.74, 6) is 1.58. The van der Waals surface area contributed by atoms with Crippen molar-refractivity contribution in [3.05, 3.63) is 81.8 Å². The zero-order chi connectivity index (χ0) is 28.1. The van der Waals surface area contributed by atoms with Gasteiger partial charge in [-0.3, -0.25) is 19.3 Å². The van der Waals surface area contributed by atoms with Gasteiger partial charge in [0, 0.05) is 45.5 Å². The van der Waals surface area contributed by atoms with Gasteiger partial charge in [-0.2, -0.15) is 0 Å². The summed E-state index contributed by atoms with van der Waals surface area (Å²) >= 11 is 7.24. The van der Waals surface area contributed by atoms with Crippen LogP contribution in [-0.2, 0) is 22.7 Å². The molecule has 4 aromatic rings. The van der Waals surface area contributed by atoms with Crippen LogP contribution in [0.15, 0.2) is 65.7 Å². The second-order valence-electron chi connectivity index (χ2n) is 9.41. The summed E-state index contributed by atoms with van der Waals surface area (Å²) in [6, 6.07) is 16.1. The molecule has 3 amide bonds. The Balaban J connectivity index is 1.12. The highest BCUT2D eigenvalue weighted by molar-refractivity contribution is 8.18.